The Balaban J connectivity index is 2.86. The van der Waals surface area contributed by atoms with E-state index in [2.05, 4.69) is 15.9 Å². The highest BCUT2D eigenvalue weighted by Crippen LogP contribution is 2.23. The Morgan fingerprint density at radius 3 is 2.73 bits per heavy atom. The first-order valence-corrected chi connectivity index (χ1v) is 4.55. The van der Waals surface area contributed by atoms with E-state index in [1.165, 1.54) is 5.56 Å². The van der Waals surface area contributed by atoms with Crippen LogP contribution in [0.1, 0.15) is 5.56 Å². The minimum absolute atomic E-state index is 0.675. The third-order valence-electron chi connectivity index (χ3n) is 1.42. The topological polar surface area (TPSA) is 26.0 Å². The first kappa shape index (κ1) is 9.04. The number of benzene rings is 1. The lowest BCUT2D eigenvalue weighted by atomic mass is 10.2. The van der Waals surface area contributed by atoms with Gasteiger partial charge in [-0.15, -0.1) is 0 Å². The van der Waals surface area contributed by atoms with Crippen LogP contribution in [0.5, 0.6) is 0 Å². The van der Waals surface area contributed by atoms with E-state index in [4.69, 9.17) is 17.3 Å². The van der Waals surface area contributed by atoms with E-state index in [-0.39, 0.29) is 0 Å². The highest BCUT2D eigenvalue weighted by Gasteiger charge is 1.97. The molecule has 0 aliphatic carbocycles. The molecule has 0 aliphatic rings. The normalized spacial score (nSPS) is 10.1. The largest absolute Gasteiger partial charge is 0.330 e. The zero-order chi connectivity index (χ0) is 8.27. The van der Waals surface area contributed by atoms with Crippen molar-refractivity contribution in [2.45, 2.75) is 6.42 Å². The van der Waals surface area contributed by atoms with Crippen LogP contribution in [0.4, 0.5) is 0 Å². The molecule has 0 aromatic heterocycles. The van der Waals surface area contributed by atoms with Crippen LogP contribution in [0, 0.1) is 0 Å². The number of hydrogen-bond donors (Lipinski definition) is 1. The van der Waals surface area contributed by atoms with E-state index < -0.39 is 0 Å². The lowest BCUT2D eigenvalue weighted by molar-refractivity contribution is 0.968. The van der Waals surface area contributed by atoms with E-state index in [0.717, 1.165) is 15.9 Å². The summed E-state index contributed by atoms with van der Waals surface area (Å²) in [5.74, 6) is 0. The predicted octanol–water partition coefficient (Wildman–Crippen LogP) is 2.60. The van der Waals surface area contributed by atoms with Gasteiger partial charge in [0.05, 0.1) is 5.02 Å². The summed E-state index contributed by atoms with van der Waals surface area (Å²) in [5, 5.41) is 0.741. The first-order valence-electron chi connectivity index (χ1n) is 3.38. The van der Waals surface area contributed by atoms with Crippen molar-refractivity contribution < 1.29 is 0 Å². The predicted molar refractivity (Wildman–Crippen MR) is 51.9 cm³/mol. The fourth-order valence-corrected chi connectivity index (χ4v) is 1.41. The summed E-state index contributed by atoms with van der Waals surface area (Å²) in [6.07, 6.45) is 0.899. The Kier molecular flexibility index (Phi) is 3.37. The molecule has 0 aliphatic heterocycles. The average molecular weight is 235 g/mol. The second-order valence-corrected chi connectivity index (χ2v) is 3.55. The molecule has 0 radical (unpaired) electrons. The summed E-state index contributed by atoms with van der Waals surface area (Å²) in [7, 11) is 0. The van der Waals surface area contributed by atoms with Gasteiger partial charge in [0.1, 0.15) is 0 Å². The van der Waals surface area contributed by atoms with Crippen LogP contribution in [0.3, 0.4) is 0 Å². The Hall–Kier alpha value is -0.0500. The van der Waals surface area contributed by atoms with E-state index in [0.29, 0.717) is 6.54 Å². The molecule has 0 saturated heterocycles. The number of nitrogens with two attached hydrogens (primary N) is 1. The lowest BCUT2D eigenvalue weighted by Crippen LogP contribution is -2.02. The minimum Gasteiger partial charge on any atom is -0.330 e. The van der Waals surface area contributed by atoms with Gasteiger partial charge >= 0.3 is 0 Å². The maximum Gasteiger partial charge on any atom is 0.0548 e. The molecule has 0 heterocycles. The monoisotopic (exact) mass is 233 g/mol. The molecule has 1 aromatic rings. The summed E-state index contributed by atoms with van der Waals surface area (Å²) >= 11 is 9.15. The maximum absolute atomic E-state index is 5.80. The van der Waals surface area contributed by atoms with Crippen molar-refractivity contribution >= 4 is 27.5 Å². The zero-order valence-corrected chi connectivity index (χ0v) is 8.32. The molecule has 0 fully saturated rings. The second-order valence-electron chi connectivity index (χ2n) is 2.29. The van der Waals surface area contributed by atoms with Gasteiger partial charge in [-0.1, -0.05) is 17.7 Å². The second kappa shape index (κ2) is 4.10. The Bertz CT molecular complexity index is 250. The number of hydrogen-bond acceptors (Lipinski definition) is 1. The van der Waals surface area contributed by atoms with Crippen LogP contribution in [-0.2, 0) is 6.42 Å². The molecule has 1 aromatic carbocycles. The Morgan fingerprint density at radius 1 is 1.45 bits per heavy atom. The molecule has 1 nitrogen and oxygen atoms in total. The summed E-state index contributed by atoms with van der Waals surface area (Å²) < 4.78 is 0.935. The fraction of sp³-hybridized carbons (Fsp3) is 0.250. The standard InChI is InChI=1S/C8H9BrClN/c9-7-5-6(3-4-11)1-2-8(7)10/h1-2,5H,3-4,11H2. The van der Waals surface area contributed by atoms with E-state index in [1.54, 1.807) is 0 Å². The number of halogens is 2. The van der Waals surface area contributed by atoms with E-state index >= 15 is 0 Å². The fourth-order valence-electron chi connectivity index (χ4n) is 0.862. The van der Waals surface area contributed by atoms with Crippen LogP contribution < -0.4 is 5.73 Å². The van der Waals surface area contributed by atoms with Crippen LogP contribution in [0.15, 0.2) is 22.7 Å². The molecule has 1 rings (SSSR count). The van der Waals surface area contributed by atoms with Gasteiger partial charge in [-0.05, 0) is 46.6 Å². The molecule has 2 N–H and O–H groups in total. The van der Waals surface area contributed by atoms with Crippen molar-refractivity contribution in [3.63, 3.8) is 0 Å². The van der Waals surface area contributed by atoms with Crippen molar-refractivity contribution in [2.24, 2.45) is 5.73 Å². The highest BCUT2D eigenvalue weighted by atomic mass is 79.9. The van der Waals surface area contributed by atoms with Gasteiger partial charge in [-0.2, -0.15) is 0 Å². The van der Waals surface area contributed by atoms with Gasteiger partial charge in [0.25, 0.3) is 0 Å². The first-order chi connectivity index (χ1) is 5.24. The summed E-state index contributed by atoms with van der Waals surface area (Å²) in [6.45, 7) is 0.675. The summed E-state index contributed by atoms with van der Waals surface area (Å²) in [5.41, 5.74) is 6.61. The van der Waals surface area contributed by atoms with Crippen molar-refractivity contribution in [3.05, 3.63) is 33.3 Å². The molecule has 0 saturated carbocycles. The molecule has 11 heavy (non-hydrogen) atoms. The van der Waals surface area contributed by atoms with Gasteiger partial charge in [0.2, 0.25) is 0 Å². The van der Waals surface area contributed by atoms with Crippen molar-refractivity contribution in [2.75, 3.05) is 6.54 Å². The third-order valence-corrected chi connectivity index (χ3v) is 2.63. The van der Waals surface area contributed by atoms with Crippen molar-refractivity contribution in [1.82, 2.24) is 0 Å². The molecule has 60 valence electrons. The van der Waals surface area contributed by atoms with Crippen molar-refractivity contribution in [3.8, 4) is 0 Å². The van der Waals surface area contributed by atoms with E-state index in [9.17, 15) is 0 Å². The van der Waals surface area contributed by atoms with Crippen LogP contribution in [0.2, 0.25) is 5.02 Å². The smallest absolute Gasteiger partial charge is 0.0548 e. The van der Waals surface area contributed by atoms with Crippen molar-refractivity contribution in [1.29, 1.82) is 0 Å². The third kappa shape index (κ3) is 2.47. The van der Waals surface area contributed by atoms with Gasteiger partial charge in [-0.3, -0.25) is 0 Å². The van der Waals surface area contributed by atoms with Crippen LogP contribution in [-0.4, -0.2) is 6.54 Å². The molecule has 0 amide bonds. The van der Waals surface area contributed by atoms with Gasteiger partial charge in [0, 0.05) is 4.47 Å². The molecular weight excluding hydrogens is 225 g/mol. The van der Waals surface area contributed by atoms with Gasteiger partial charge in [-0.25, -0.2) is 0 Å². The zero-order valence-electron chi connectivity index (χ0n) is 5.98. The number of rotatable bonds is 2. The molecule has 0 bridgehead atoms. The Morgan fingerprint density at radius 2 is 2.18 bits per heavy atom. The quantitative estimate of drug-likeness (QED) is 0.836. The van der Waals surface area contributed by atoms with Crippen LogP contribution in [0.25, 0.3) is 0 Å². The van der Waals surface area contributed by atoms with Gasteiger partial charge < -0.3 is 5.73 Å². The van der Waals surface area contributed by atoms with Crippen LogP contribution >= 0.6 is 27.5 Å². The molecular formula is C8H9BrClN. The van der Waals surface area contributed by atoms with E-state index in [1.807, 2.05) is 18.2 Å². The SMILES string of the molecule is NCCc1ccc(Cl)c(Br)c1. The molecule has 0 atom stereocenters. The molecule has 3 heteroatoms. The average Bonchev–Trinajstić information content (AvgIpc) is 1.98. The molecule has 0 spiro atoms. The minimum atomic E-state index is 0.675. The lowest BCUT2D eigenvalue weighted by Gasteiger charge is -2.00. The summed E-state index contributed by atoms with van der Waals surface area (Å²) in [4.78, 5) is 0. The highest BCUT2D eigenvalue weighted by molar-refractivity contribution is 9.10. The van der Waals surface area contributed by atoms with Gasteiger partial charge in [0.15, 0.2) is 0 Å². The summed E-state index contributed by atoms with van der Waals surface area (Å²) in [6, 6.07) is 5.85. The maximum atomic E-state index is 5.80. The Labute approximate surface area is 79.7 Å². The molecule has 0 unspecified atom stereocenters.